The van der Waals surface area contributed by atoms with Crippen LogP contribution in [0.3, 0.4) is 0 Å². The summed E-state index contributed by atoms with van der Waals surface area (Å²) in [5.41, 5.74) is 0. The van der Waals surface area contributed by atoms with Crippen LogP contribution in [0.5, 0.6) is 0 Å². The molecule has 0 amide bonds. The molecule has 60 valence electrons. The van der Waals surface area contributed by atoms with Crippen molar-refractivity contribution in [1.29, 1.82) is 0 Å². The van der Waals surface area contributed by atoms with Gasteiger partial charge in [-0.25, -0.2) is 0 Å². The zero-order valence-corrected chi connectivity index (χ0v) is 6.03. The summed E-state index contributed by atoms with van der Waals surface area (Å²) in [6.45, 7) is 3.71. The molecule has 0 aromatic rings. The summed E-state index contributed by atoms with van der Waals surface area (Å²) in [6, 6.07) is 0. The average Bonchev–Trinajstić information content (AvgIpc) is 2.05. The van der Waals surface area contributed by atoms with Crippen LogP contribution in [-0.4, -0.2) is 59.7 Å². The first-order chi connectivity index (χ1) is 4.86. The number of hydrogen-bond donors (Lipinski definition) is 2. The fraction of sp³-hybridized carbons (Fsp3) is 1.00. The van der Waals surface area contributed by atoms with Gasteiger partial charge in [0, 0.05) is 26.2 Å². The smallest absolute Gasteiger partial charge is 0.0957 e. The van der Waals surface area contributed by atoms with E-state index in [1.165, 1.54) is 0 Å². The van der Waals surface area contributed by atoms with Gasteiger partial charge in [-0.3, -0.25) is 9.80 Å². The molecule has 1 saturated heterocycles. The number of hydrogen-bond acceptors (Lipinski definition) is 4. The monoisotopic (exact) mass is 146 g/mol. The van der Waals surface area contributed by atoms with E-state index < -0.39 is 0 Å². The van der Waals surface area contributed by atoms with Gasteiger partial charge in [-0.1, -0.05) is 0 Å². The third-order valence-corrected chi connectivity index (χ3v) is 1.86. The summed E-state index contributed by atoms with van der Waals surface area (Å²) in [7, 11) is 0. The van der Waals surface area contributed by atoms with Gasteiger partial charge in [0.15, 0.2) is 0 Å². The highest BCUT2D eigenvalue weighted by Crippen LogP contribution is 1.97. The fourth-order valence-corrected chi connectivity index (χ4v) is 1.07. The largest absolute Gasteiger partial charge is 0.381 e. The van der Waals surface area contributed by atoms with Crippen molar-refractivity contribution in [3.8, 4) is 0 Å². The van der Waals surface area contributed by atoms with Crippen molar-refractivity contribution < 1.29 is 10.2 Å². The van der Waals surface area contributed by atoms with E-state index in [0.29, 0.717) is 0 Å². The highest BCUT2D eigenvalue weighted by molar-refractivity contribution is 4.66. The minimum Gasteiger partial charge on any atom is -0.381 e. The Kier molecular flexibility index (Phi) is 3.08. The Bertz CT molecular complexity index is 79.7. The summed E-state index contributed by atoms with van der Waals surface area (Å²) in [5.74, 6) is 0. The lowest BCUT2D eigenvalue weighted by Crippen LogP contribution is -2.46. The number of nitrogens with zero attached hydrogens (tertiary/aromatic N) is 2. The molecular formula is C6H14N2O2. The topological polar surface area (TPSA) is 46.9 Å². The van der Waals surface area contributed by atoms with Gasteiger partial charge in [0.05, 0.1) is 13.5 Å². The van der Waals surface area contributed by atoms with E-state index in [0.717, 1.165) is 26.2 Å². The zero-order valence-electron chi connectivity index (χ0n) is 6.03. The molecule has 0 aromatic heterocycles. The molecule has 4 nitrogen and oxygen atoms in total. The summed E-state index contributed by atoms with van der Waals surface area (Å²) in [6.07, 6.45) is 0. The lowest BCUT2D eigenvalue weighted by Gasteiger charge is -2.31. The predicted octanol–water partition coefficient (Wildman–Crippen LogP) is -1.50. The van der Waals surface area contributed by atoms with Gasteiger partial charge >= 0.3 is 0 Å². The van der Waals surface area contributed by atoms with Gasteiger partial charge in [0.25, 0.3) is 0 Å². The normalized spacial score (nSPS) is 23.4. The van der Waals surface area contributed by atoms with Gasteiger partial charge in [-0.05, 0) is 0 Å². The summed E-state index contributed by atoms with van der Waals surface area (Å²) in [5, 5.41) is 17.4. The van der Waals surface area contributed by atoms with Gasteiger partial charge in [-0.15, -0.1) is 0 Å². The van der Waals surface area contributed by atoms with Crippen LogP contribution in [-0.2, 0) is 0 Å². The number of aliphatic hydroxyl groups excluding tert-OH is 2. The fourth-order valence-electron chi connectivity index (χ4n) is 1.07. The number of piperazine rings is 1. The minimum absolute atomic E-state index is 0.138. The van der Waals surface area contributed by atoms with Crippen molar-refractivity contribution in [2.75, 3.05) is 39.6 Å². The van der Waals surface area contributed by atoms with Crippen molar-refractivity contribution in [3.05, 3.63) is 0 Å². The number of rotatable bonds is 2. The van der Waals surface area contributed by atoms with E-state index in [1.54, 1.807) is 0 Å². The third-order valence-electron chi connectivity index (χ3n) is 1.86. The first kappa shape index (κ1) is 7.94. The van der Waals surface area contributed by atoms with Crippen molar-refractivity contribution >= 4 is 0 Å². The van der Waals surface area contributed by atoms with E-state index in [9.17, 15) is 0 Å². The molecule has 0 saturated carbocycles. The van der Waals surface area contributed by atoms with Crippen LogP contribution < -0.4 is 0 Å². The summed E-state index contributed by atoms with van der Waals surface area (Å²) >= 11 is 0. The standard InChI is InChI=1S/C6H14N2O2/c9-5-7-1-2-8(6-10)4-3-7/h9-10H,1-6H2. The second kappa shape index (κ2) is 3.88. The van der Waals surface area contributed by atoms with Gasteiger partial charge in [0.2, 0.25) is 0 Å². The molecule has 0 aliphatic carbocycles. The lowest BCUT2D eigenvalue weighted by molar-refractivity contribution is 0.0185. The van der Waals surface area contributed by atoms with E-state index in [2.05, 4.69) is 0 Å². The quantitative estimate of drug-likeness (QED) is 0.498. The lowest BCUT2D eigenvalue weighted by atomic mass is 10.3. The van der Waals surface area contributed by atoms with Crippen molar-refractivity contribution in [1.82, 2.24) is 9.80 Å². The molecule has 1 aliphatic heterocycles. The highest BCUT2D eigenvalue weighted by Gasteiger charge is 2.13. The van der Waals surface area contributed by atoms with Gasteiger partial charge in [-0.2, -0.15) is 0 Å². The number of aliphatic hydroxyl groups is 2. The predicted molar refractivity (Wildman–Crippen MR) is 37.3 cm³/mol. The molecule has 0 atom stereocenters. The molecular weight excluding hydrogens is 132 g/mol. The van der Waals surface area contributed by atoms with Crippen LogP contribution in [0.25, 0.3) is 0 Å². The minimum atomic E-state index is 0.138. The van der Waals surface area contributed by atoms with E-state index >= 15 is 0 Å². The van der Waals surface area contributed by atoms with E-state index in [1.807, 2.05) is 9.80 Å². The van der Waals surface area contributed by atoms with Crippen LogP contribution in [0.4, 0.5) is 0 Å². The summed E-state index contributed by atoms with van der Waals surface area (Å²) in [4.78, 5) is 3.90. The molecule has 2 N–H and O–H groups in total. The Labute approximate surface area is 60.7 Å². The SMILES string of the molecule is OCN1CCN(CO)CC1. The van der Waals surface area contributed by atoms with Crippen molar-refractivity contribution in [2.45, 2.75) is 0 Å². The van der Waals surface area contributed by atoms with E-state index in [4.69, 9.17) is 10.2 Å². The molecule has 0 bridgehead atoms. The second-order valence-corrected chi connectivity index (χ2v) is 2.52. The van der Waals surface area contributed by atoms with Crippen LogP contribution in [0.1, 0.15) is 0 Å². The first-order valence-corrected chi connectivity index (χ1v) is 3.53. The molecule has 1 rings (SSSR count). The molecule has 4 heteroatoms. The Morgan fingerprint density at radius 1 is 0.800 bits per heavy atom. The Hall–Kier alpha value is -0.160. The Morgan fingerprint density at radius 3 is 1.30 bits per heavy atom. The third kappa shape index (κ3) is 1.91. The maximum Gasteiger partial charge on any atom is 0.0957 e. The van der Waals surface area contributed by atoms with Crippen LogP contribution in [0.2, 0.25) is 0 Å². The maximum absolute atomic E-state index is 8.69. The zero-order chi connectivity index (χ0) is 7.40. The van der Waals surface area contributed by atoms with Crippen LogP contribution >= 0.6 is 0 Å². The van der Waals surface area contributed by atoms with Gasteiger partial charge < -0.3 is 10.2 Å². The van der Waals surface area contributed by atoms with Gasteiger partial charge in [0.1, 0.15) is 0 Å². The molecule has 0 radical (unpaired) electrons. The molecule has 10 heavy (non-hydrogen) atoms. The first-order valence-electron chi connectivity index (χ1n) is 3.53. The van der Waals surface area contributed by atoms with E-state index in [-0.39, 0.29) is 13.5 Å². The highest BCUT2D eigenvalue weighted by atomic mass is 16.3. The maximum atomic E-state index is 8.69. The molecule has 0 unspecified atom stereocenters. The van der Waals surface area contributed by atoms with Crippen LogP contribution in [0.15, 0.2) is 0 Å². The average molecular weight is 146 g/mol. The Balaban J connectivity index is 2.17. The van der Waals surface area contributed by atoms with Crippen molar-refractivity contribution in [2.24, 2.45) is 0 Å². The molecule has 0 spiro atoms. The molecule has 0 aromatic carbocycles. The van der Waals surface area contributed by atoms with Crippen molar-refractivity contribution in [3.63, 3.8) is 0 Å². The molecule has 1 heterocycles. The Morgan fingerprint density at radius 2 is 1.10 bits per heavy atom. The second-order valence-electron chi connectivity index (χ2n) is 2.52. The molecule has 1 fully saturated rings. The summed E-state index contributed by atoms with van der Waals surface area (Å²) < 4.78 is 0. The molecule has 1 aliphatic rings. The van der Waals surface area contributed by atoms with Crippen LogP contribution in [0, 0.1) is 0 Å².